The van der Waals surface area contributed by atoms with Crippen molar-refractivity contribution in [1.29, 1.82) is 0 Å². The van der Waals surface area contributed by atoms with Gasteiger partial charge in [-0.05, 0) is 45.0 Å². The van der Waals surface area contributed by atoms with E-state index in [2.05, 4.69) is 24.1 Å². The molecule has 0 bridgehead atoms. The van der Waals surface area contributed by atoms with Gasteiger partial charge in [0.2, 0.25) is 5.91 Å². The van der Waals surface area contributed by atoms with Crippen molar-refractivity contribution in [2.45, 2.75) is 33.6 Å². The van der Waals surface area contributed by atoms with E-state index in [4.69, 9.17) is 0 Å². The molecule has 2 aromatic rings. The first-order valence-electron chi connectivity index (χ1n) is 8.78. The molecule has 0 radical (unpaired) electrons. The summed E-state index contributed by atoms with van der Waals surface area (Å²) in [6.45, 7) is 8.11. The van der Waals surface area contributed by atoms with Crippen molar-refractivity contribution in [2.24, 2.45) is 0 Å². The number of hydrogen-bond acceptors (Lipinski definition) is 3. The second-order valence-electron chi connectivity index (χ2n) is 6.06. The molecule has 1 N–H and O–H groups in total. The predicted octanol–water partition coefficient (Wildman–Crippen LogP) is 4.44. The zero-order valence-corrected chi connectivity index (χ0v) is 15.2. The van der Waals surface area contributed by atoms with E-state index in [1.54, 1.807) is 0 Å². The molecule has 0 aliphatic rings. The van der Waals surface area contributed by atoms with Crippen molar-refractivity contribution in [3.63, 3.8) is 0 Å². The lowest BCUT2D eigenvalue weighted by molar-refractivity contribution is -0.116. The minimum atomic E-state index is -0.143. The van der Waals surface area contributed by atoms with Crippen LogP contribution in [0.5, 0.6) is 0 Å². The van der Waals surface area contributed by atoms with Crippen LogP contribution in [0.25, 0.3) is 0 Å². The summed E-state index contributed by atoms with van der Waals surface area (Å²) in [7, 11) is 0. The fraction of sp³-hybridized carbons (Fsp3) is 0.333. The summed E-state index contributed by atoms with van der Waals surface area (Å²) in [5.41, 5.74) is 3.66. The Morgan fingerprint density at radius 1 is 0.880 bits per heavy atom. The Kier molecular flexibility index (Phi) is 6.75. The van der Waals surface area contributed by atoms with E-state index in [1.165, 1.54) is 0 Å². The first-order valence-corrected chi connectivity index (χ1v) is 8.78. The zero-order valence-electron chi connectivity index (χ0n) is 15.2. The molecule has 0 unspecified atom stereocenters. The molecule has 4 nitrogen and oxygen atoms in total. The number of nitrogens with zero attached hydrogens (tertiary/aromatic N) is 1. The molecule has 1 amide bonds. The number of rotatable bonds is 8. The first kappa shape index (κ1) is 18.7. The summed E-state index contributed by atoms with van der Waals surface area (Å²) in [5, 5.41) is 2.85. The number of ketones is 1. The lowest BCUT2D eigenvalue weighted by Gasteiger charge is -2.21. The van der Waals surface area contributed by atoms with Crippen molar-refractivity contribution < 1.29 is 9.59 Å². The fourth-order valence-corrected chi connectivity index (χ4v) is 2.68. The molecule has 0 aliphatic carbocycles. The molecule has 0 heterocycles. The van der Waals surface area contributed by atoms with E-state index in [1.807, 2.05) is 55.5 Å². The Labute approximate surface area is 149 Å². The molecule has 0 aromatic heterocycles. The van der Waals surface area contributed by atoms with Gasteiger partial charge in [0, 0.05) is 42.9 Å². The Morgan fingerprint density at radius 3 is 2.04 bits per heavy atom. The normalized spacial score (nSPS) is 10.4. The van der Waals surface area contributed by atoms with Gasteiger partial charge in [0.25, 0.3) is 0 Å². The van der Waals surface area contributed by atoms with Gasteiger partial charge in [-0.1, -0.05) is 29.8 Å². The summed E-state index contributed by atoms with van der Waals surface area (Å²) in [6, 6.07) is 15.2. The van der Waals surface area contributed by atoms with E-state index >= 15 is 0 Å². The van der Waals surface area contributed by atoms with E-state index in [-0.39, 0.29) is 24.5 Å². The second-order valence-corrected chi connectivity index (χ2v) is 6.06. The molecule has 132 valence electrons. The molecule has 0 atom stereocenters. The minimum Gasteiger partial charge on any atom is -0.372 e. The van der Waals surface area contributed by atoms with E-state index in [0.717, 1.165) is 30.0 Å². The van der Waals surface area contributed by atoms with Gasteiger partial charge in [-0.2, -0.15) is 0 Å². The standard InChI is InChI=1S/C21H26N2O2/c1-4-23(5-2)19-12-10-18(11-13-19)22-21(25)15-14-20(24)17-8-6-16(3)7-9-17/h6-13H,4-5,14-15H2,1-3H3,(H,22,25). The van der Waals surface area contributed by atoms with Gasteiger partial charge < -0.3 is 10.2 Å². The third kappa shape index (κ3) is 5.45. The van der Waals surface area contributed by atoms with Crippen LogP contribution in [0.3, 0.4) is 0 Å². The lowest BCUT2D eigenvalue weighted by atomic mass is 10.0. The maximum absolute atomic E-state index is 12.1. The Hall–Kier alpha value is -2.62. The van der Waals surface area contributed by atoms with Crippen LogP contribution in [0.15, 0.2) is 48.5 Å². The van der Waals surface area contributed by atoms with Crippen LogP contribution in [0, 0.1) is 6.92 Å². The number of hydrogen-bond donors (Lipinski definition) is 1. The minimum absolute atomic E-state index is 0.00738. The van der Waals surface area contributed by atoms with E-state index < -0.39 is 0 Å². The van der Waals surface area contributed by atoms with Gasteiger partial charge in [0.1, 0.15) is 0 Å². The van der Waals surface area contributed by atoms with Crippen LogP contribution in [0.4, 0.5) is 11.4 Å². The smallest absolute Gasteiger partial charge is 0.224 e. The number of nitrogens with one attached hydrogen (secondary N) is 1. The first-order chi connectivity index (χ1) is 12.0. The van der Waals surface area contributed by atoms with Crippen molar-refractivity contribution in [3.05, 3.63) is 59.7 Å². The Balaban J connectivity index is 1.85. The summed E-state index contributed by atoms with van der Waals surface area (Å²) in [5.74, 6) is -0.150. The van der Waals surface area contributed by atoms with Gasteiger partial charge in [0.15, 0.2) is 5.78 Å². The van der Waals surface area contributed by atoms with Gasteiger partial charge in [0.05, 0.1) is 0 Å². The van der Waals surface area contributed by atoms with Crippen LogP contribution < -0.4 is 10.2 Å². The highest BCUT2D eigenvalue weighted by Gasteiger charge is 2.10. The summed E-state index contributed by atoms with van der Waals surface area (Å²) >= 11 is 0. The van der Waals surface area contributed by atoms with E-state index in [9.17, 15) is 9.59 Å². The highest BCUT2D eigenvalue weighted by atomic mass is 16.2. The number of aryl methyl sites for hydroxylation is 1. The monoisotopic (exact) mass is 338 g/mol. The Morgan fingerprint density at radius 2 is 1.48 bits per heavy atom. The zero-order chi connectivity index (χ0) is 18.2. The Bertz CT molecular complexity index is 702. The molecule has 0 spiro atoms. The summed E-state index contributed by atoms with van der Waals surface area (Å²) in [4.78, 5) is 26.4. The molecule has 0 aliphatic heterocycles. The molecular weight excluding hydrogens is 312 g/mol. The van der Waals surface area contributed by atoms with Crippen molar-refractivity contribution in [3.8, 4) is 0 Å². The molecule has 25 heavy (non-hydrogen) atoms. The third-order valence-corrected chi connectivity index (χ3v) is 4.23. The van der Waals surface area contributed by atoms with Crippen LogP contribution >= 0.6 is 0 Å². The van der Waals surface area contributed by atoms with Crippen LogP contribution in [-0.2, 0) is 4.79 Å². The highest BCUT2D eigenvalue weighted by molar-refractivity contribution is 6.00. The van der Waals surface area contributed by atoms with Crippen LogP contribution in [0.1, 0.15) is 42.6 Å². The molecule has 2 aromatic carbocycles. The molecule has 0 saturated carbocycles. The topological polar surface area (TPSA) is 49.4 Å². The van der Waals surface area contributed by atoms with E-state index in [0.29, 0.717) is 5.56 Å². The maximum Gasteiger partial charge on any atom is 0.224 e. The number of carbonyl (C=O) groups excluding carboxylic acids is 2. The molecule has 0 saturated heterocycles. The number of amides is 1. The fourth-order valence-electron chi connectivity index (χ4n) is 2.68. The van der Waals surface area contributed by atoms with Crippen LogP contribution in [-0.4, -0.2) is 24.8 Å². The summed E-state index contributed by atoms with van der Waals surface area (Å²) < 4.78 is 0. The highest BCUT2D eigenvalue weighted by Crippen LogP contribution is 2.18. The van der Waals surface area contributed by atoms with Gasteiger partial charge in [-0.3, -0.25) is 9.59 Å². The summed E-state index contributed by atoms with van der Waals surface area (Å²) in [6.07, 6.45) is 0.400. The van der Waals surface area contributed by atoms with Gasteiger partial charge >= 0.3 is 0 Å². The van der Waals surface area contributed by atoms with Crippen molar-refractivity contribution in [1.82, 2.24) is 0 Å². The number of Topliss-reactive ketones (excluding diaryl/α,β-unsaturated/α-hetero) is 1. The van der Waals surface area contributed by atoms with Crippen molar-refractivity contribution in [2.75, 3.05) is 23.3 Å². The van der Waals surface area contributed by atoms with Crippen LogP contribution in [0.2, 0.25) is 0 Å². The molecule has 0 fully saturated rings. The molecular formula is C21H26N2O2. The third-order valence-electron chi connectivity index (χ3n) is 4.23. The van der Waals surface area contributed by atoms with Crippen molar-refractivity contribution >= 4 is 23.1 Å². The second kappa shape index (κ2) is 9.02. The number of carbonyl (C=O) groups is 2. The van der Waals surface area contributed by atoms with Gasteiger partial charge in [-0.25, -0.2) is 0 Å². The SMILES string of the molecule is CCN(CC)c1ccc(NC(=O)CCC(=O)c2ccc(C)cc2)cc1. The quantitative estimate of drug-likeness (QED) is 0.724. The molecule has 2 rings (SSSR count). The molecule has 4 heteroatoms. The average molecular weight is 338 g/mol. The predicted molar refractivity (Wildman–Crippen MR) is 103 cm³/mol. The average Bonchev–Trinajstić information content (AvgIpc) is 2.63. The number of benzene rings is 2. The largest absolute Gasteiger partial charge is 0.372 e. The number of anilines is 2. The lowest BCUT2D eigenvalue weighted by Crippen LogP contribution is -2.21. The van der Waals surface area contributed by atoms with Gasteiger partial charge in [-0.15, -0.1) is 0 Å². The maximum atomic E-state index is 12.1.